The summed E-state index contributed by atoms with van der Waals surface area (Å²) in [6, 6.07) is 0. The molecule has 0 spiro atoms. The Morgan fingerprint density at radius 1 is 1.18 bits per heavy atom. The van der Waals surface area contributed by atoms with Gasteiger partial charge in [0, 0.05) is 13.0 Å². The minimum Gasteiger partial charge on any atom is -0.477 e. The third-order valence-electron chi connectivity index (χ3n) is 4.29. The highest BCUT2D eigenvalue weighted by atomic mass is 16.4. The fraction of sp³-hybridized carbons (Fsp3) is 0.765. The van der Waals surface area contributed by atoms with E-state index in [0.29, 0.717) is 17.6 Å². The lowest BCUT2D eigenvalue weighted by molar-refractivity contribution is -0.778. The molecule has 5 heteroatoms. The lowest BCUT2D eigenvalue weighted by Crippen LogP contribution is -2.52. The van der Waals surface area contributed by atoms with Crippen LogP contribution >= 0.6 is 0 Å². The lowest BCUT2D eigenvalue weighted by atomic mass is 10.1. The van der Waals surface area contributed by atoms with Crippen LogP contribution in [0.3, 0.4) is 0 Å². The largest absolute Gasteiger partial charge is 0.477 e. The van der Waals surface area contributed by atoms with E-state index in [9.17, 15) is 4.79 Å². The van der Waals surface area contributed by atoms with Crippen molar-refractivity contribution in [3.05, 3.63) is 12.4 Å². The smallest absolute Gasteiger partial charge is 0.360 e. The van der Waals surface area contributed by atoms with Gasteiger partial charge >= 0.3 is 5.97 Å². The molecule has 1 aliphatic rings. The van der Waals surface area contributed by atoms with Crippen molar-refractivity contribution in [2.24, 2.45) is 10.7 Å². The number of quaternary nitrogens is 1. The van der Waals surface area contributed by atoms with Gasteiger partial charge in [0.15, 0.2) is 6.54 Å². The number of nitrogens with two attached hydrogens (primary N) is 1. The van der Waals surface area contributed by atoms with Gasteiger partial charge in [0.25, 0.3) is 0 Å². The minimum atomic E-state index is -0.802. The van der Waals surface area contributed by atoms with Crippen LogP contribution in [-0.2, 0) is 4.79 Å². The molecule has 0 saturated heterocycles. The molecule has 0 saturated carbocycles. The summed E-state index contributed by atoms with van der Waals surface area (Å²) in [5.41, 5.74) is 5.67. The molecular formula is C17H32N3O2+. The molecule has 126 valence electrons. The first kappa shape index (κ1) is 18.8. The predicted molar refractivity (Wildman–Crippen MR) is 90.5 cm³/mol. The molecule has 0 amide bonds. The summed E-state index contributed by atoms with van der Waals surface area (Å²) in [7, 11) is 0. The molecule has 0 fully saturated rings. The number of unbranched alkanes of at least 4 members (excludes halogenated alkanes) is 7. The Morgan fingerprint density at radius 2 is 1.82 bits per heavy atom. The molecule has 1 heterocycles. The fourth-order valence-corrected chi connectivity index (χ4v) is 3.05. The zero-order valence-electron chi connectivity index (χ0n) is 14.0. The van der Waals surface area contributed by atoms with Crippen molar-refractivity contribution in [1.82, 2.24) is 0 Å². The van der Waals surface area contributed by atoms with Crippen LogP contribution in [0.4, 0.5) is 0 Å². The first-order chi connectivity index (χ1) is 10.6. The number of hydrogen-bond acceptors (Lipinski definition) is 3. The van der Waals surface area contributed by atoms with Crippen molar-refractivity contribution in [3.8, 4) is 0 Å². The second-order valence-electron chi connectivity index (χ2n) is 6.17. The maximum atomic E-state index is 11.1. The van der Waals surface area contributed by atoms with Crippen molar-refractivity contribution < 1.29 is 14.4 Å². The maximum absolute atomic E-state index is 11.1. The Morgan fingerprint density at radius 3 is 2.41 bits per heavy atom. The molecule has 0 bridgehead atoms. The molecule has 0 aromatic heterocycles. The van der Waals surface area contributed by atoms with E-state index in [-0.39, 0.29) is 6.54 Å². The quantitative estimate of drug-likeness (QED) is 0.405. The van der Waals surface area contributed by atoms with Gasteiger partial charge in [-0.2, -0.15) is 0 Å². The molecule has 1 rings (SSSR count). The minimum absolute atomic E-state index is 0.0452. The van der Waals surface area contributed by atoms with Crippen LogP contribution in [0.2, 0.25) is 0 Å². The number of hydrogen-bond donors (Lipinski definition) is 2. The molecule has 0 aliphatic carbocycles. The van der Waals surface area contributed by atoms with Crippen LogP contribution in [0.15, 0.2) is 17.4 Å². The van der Waals surface area contributed by atoms with E-state index >= 15 is 0 Å². The molecule has 1 atom stereocenters. The van der Waals surface area contributed by atoms with Gasteiger partial charge in [-0.25, -0.2) is 14.3 Å². The zero-order valence-corrected chi connectivity index (χ0v) is 14.0. The Balaban J connectivity index is 2.30. The monoisotopic (exact) mass is 310 g/mol. The maximum Gasteiger partial charge on any atom is 0.360 e. The van der Waals surface area contributed by atoms with E-state index in [4.69, 9.17) is 10.8 Å². The SMILES string of the molecule is CCCCCCCCCCC1=NC=C[N+]1(CCN)CC(=O)O. The van der Waals surface area contributed by atoms with Crippen LogP contribution in [0.25, 0.3) is 0 Å². The van der Waals surface area contributed by atoms with Crippen LogP contribution in [0.5, 0.6) is 0 Å². The van der Waals surface area contributed by atoms with Crippen LogP contribution in [0, 0.1) is 0 Å². The first-order valence-corrected chi connectivity index (χ1v) is 8.68. The summed E-state index contributed by atoms with van der Waals surface area (Å²) in [5.74, 6) is 0.155. The number of nitrogens with zero attached hydrogens (tertiary/aromatic N) is 2. The molecule has 1 aliphatic heterocycles. The molecule has 0 aromatic rings. The van der Waals surface area contributed by atoms with Gasteiger partial charge in [-0.1, -0.05) is 51.9 Å². The summed E-state index contributed by atoms with van der Waals surface area (Å²) >= 11 is 0. The number of amidine groups is 1. The van der Waals surface area contributed by atoms with Crippen molar-refractivity contribution >= 4 is 11.8 Å². The van der Waals surface area contributed by atoms with Gasteiger partial charge in [0.2, 0.25) is 5.84 Å². The lowest BCUT2D eigenvalue weighted by Gasteiger charge is -2.30. The second kappa shape index (κ2) is 10.5. The van der Waals surface area contributed by atoms with Crippen LogP contribution < -0.4 is 5.73 Å². The highest BCUT2D eigenvalue weighted by Crippen LogP contribution is 2.21. The summed E-state index contributed by atoms with van der Waals surface area (Å²) in [6.45, 7) is 3.36. The average molecular weight is 310 g/mol. The van der Waals surface area contributed by atoms with Gasteiger partial charge in [-0.15, -0.1) is 0 Å². The second-order valence-corrected chi connectivity index (χ2v) is 6.17. The number of rotatable bonds is 13. The van der Waals surface area contributed by atoms with E-state index in [0.717, 1.165) is 18.7 Å². The zero-order chi connectivity index (χ0) is 16.3. The van der Waals surface area contributed by atoms with Crippen molar-refractivity contribution in [2.75, 3.05) is 19.6 Å². The van der Waals surface area contributed by atoms with Gasteiger partial charge < -0.3 is 10.8 Å². The topological polar surface area (TPSA) is 75.7 Å². The summed E-state index contributed by atoms with van der Waals surface area (Å²) in [4.78, 5) is 15.5. The molecule has 3 N–H and O–H groups in total. The number of aliphatic imine (C=N–C) groups is 1. The van der Waals surface area contributed by atoms with E-state index in [1.807, 2.05) is 6.20 Å². The van der Waals surface area contributed by atoms with Crippen molar-refractivity contribution in [3.63, 3.8) is 0 Å². The van der Waals surface area contributed by atoms with Gasteiger partial charge in [0.05, 0.1) is 6.20 Å². The molecule has 5 nitrogen and oxygen atoms in total. The summed E-state index contributed by atoms with van der Waals surface area (Å²) < 4.78 is 0.308. The van der Waals surface area contributed by atoms with Gasteiger partial charge in [-0.05, 0) is 6.42 Å². The summed E-state index contributed by atoms with van der Waals surface area (Å²) in [6.07, 6.45) is 14.6. The van der Waals surface area contributed by atoms with Gasteiger partial charge in [-0.3, -0.25) is 0 Å². The van der Waals surface area contributed by atoms with Crippen LogP contribution in [-0.4, -0.2) is 41.0 Å². The predicted octanol–water partition coefficient (Wildman–Crippen LogP) is 3.26. The number of aliphatic carboxylic acids is 1. The summed E-state index contributed by atoms with van der Waals surface area (Å²) in [5, 5.41) is 9.15. The molecule has 1 unspecified atom stereocenters. The fourth-order valence-electron chi connectivity index (χ4n) is 3.05. The third-order valence-corrected chi connectivity index (χ3v) is 4.29. The highest BCUT2D eigenvalue weighted by Gasteiger charge is 2.36. The standard InChI is InChI=1S/C17H31N3O2/c1-2-3-4-5-6-7-8-9-10-16-19-12-14-20(16,13-11-18)15-17(21)22/h12,14H,2-11,13,15,18H2,1H3/p+1. The number of carboxylic acids is 1. The van der Waals surface area contributed by atoms with E-state index in [1.165, 1.54) is 44.9 Å². The molecular weight excluding hydrogens is 278 g/mol. The van der Waals surface area contributed by atoms with E-state index < -0.39 is 5.97 Å². The highest BCUT2D eigenvalue weighted by molar-refractivity contribution is 5.81. The Labute approximate surface area is 134 Å². The Bertz CT molecular complexity index is 393. The average Bonchev–Trinajstić information content (AvgIpc) is 2.84. The Kier molecular flexibility index (Phi) is 9.01. The first-order valence-electron chi connectivity index (χ1n) is 8.68. The number of carboxylic acid groups (broad SMARTS) is 1. The molecule has 0 aromatic carbocycles. The van der Waals surface area contributed by atoms with E-state index in [2.05, 4.69) is 11.9 Å². The Hall–Kier alpha value is -1.20. The van der Waals surface area contributed by atoms with Crippen molar-refractivity contribution in [1.29, 1.82) is 0 Å². The van der Waals surface area contributed by atoms with Crippen LogP contribution in [0.1, 0.15) is 64.7 Å². The molecule has 22 heavy (non-hydrogen) atoms. The van der Waals surface area contributed by atoms with E-state index in [1.54, 1.807) is 6.20 Å². The number of carbonyl (C=O) groups is 1. The normalized spacial score (nSPS) is 20.4. The third kappa shape index (κ3) is 6.28. The van der Waals surface area contributed by atoms with Gasteiger partial charge in [0.1, 0.15) is 12.7 Å². The van der Waals surface area contributed by atoms with Crippen molar-refractivity contribution in [2.45, 2.75) is 64.7 Å². The molecule has 0 radical (unpaired) electrons.